The van der Waals surface area contributed by atoms with E-state index in [2.05, 4.69) is 11.8 Å². The molecule has 1 atom stereocenters. The van der Waals surface area contributed by atoms with E-state index in [0.29, 0.717) is 21.9 Å². The average molecular weight is 401 g/mol. The molecule has 2 aromatic rings. The number of likely N-dealkylation sites (N-methyl/N-ethyl adjacent to an activating group) is 1. The van der Waals surface area contributed by atoms with Gasteiger partial charge in [-0.2, -0.15) is 0 Å². The molecule has 0 spiro atoms. The van der Waals surface area contributed by atoms with Crippen LogP contribution in [0.3, 0.4) is 0 Å². The molecule has 0 N–H and O–H groups in total. The number of rotatable bonds is 6. The predicted octanol–water partition coefficient (Wildman–Crippen LogP) is 3.50. The van der Waals surface area contributed by atoms with Gasteiger partial charge in [-0.1, -0.05) is 18.5 Å². The molecule has 1 aliphatic heterocycles. The molecule has 6 heteroatoms. The van der Waals surface area contributed by atoms with Gasteiger partial charge in [0.2, 0.25) is 0 Å². The standard InChI is InChI=1S/C22H25ClN2O3/c1-3-24-12-14-25(15-13-24)22(27)16(2)28-20-10-6-18(7-11-20)21(26)17-4-8-19(23)9-5-17/h4-11,16H,3,12-15H2,1-2H3/t16-/m0/s1. The van der Waals surface area contributed by atoms with Crippen LogP contribution in [0.4, 0.5) is 0 Å². The van der Waals surface area contributed by atoms with E-state index in [1.165, 1.54) is 0 Å². The molecule has 0 saturated carbocycles. The van der Waals surface area contributed by atoms with Gasteiger partial charge in [-0.15, -0.1) is 0 Å². The Hall–Kier alpha value is -2.37. The number of piperazine rings is 1. The Morgan fingerprint density at radius 3 is 2.04 bits per heavy atom. The third-order valence-corrected chi connectivity index (χ3v) is 5.27. The van der Waals surface area contributed by atoms with E-state index < -0.39 is 6.10 Å². The summed E-state index contributed by atoms with van der Waals surface area (Å²) in [5.41, 5.74) is 1.14. The Labute approximate surface area is 170 Å². The van der Waals surface area contributed by atoms with Crippen LogP contribution in [-0.4, -0.2) is 60.3 Å². The van der Waals surface area contributed by atoms with Crippen molar-refractivity contribution in [2.24, 2.45) is 0 Å². The summed E-state index contributed by atoms with van der Waals surface area (Å²) in [6.45, 7) is 8.16. The predicted molar refractivity (Wildman–Crippen MR) is 110 cm³/mol. The number of carbonyl (C=O) groups is 2. The van der Waals surface area contributed by atoms with Gasteiger partial charge in [-0.25, -0.2) is 0 Å². The maximum absolute atomic E-state index is 12.6. The molecule has 5 nitrogen and oxygen atoms in total. The molecule has 0 radical (unpaired) electrons. The minimum Gasteiger partial charge on any atom is -0.481 e. The van der Waals surface area contributed by atoms with E-state index in [0.717, 1.165) is 32.7 Å². The van der Waals surface area contributed by atoms with E-state index in [1.54, 1.807) is 55.5 Å². The highest BCUT2D eigenvalue weighted by molar-refractivity contribution is 6.30. The molecule has 1 fully saturated rings. The van der Waals surface area contributed by atoms with Crippen LogP contribution in [0.1, 0.15) is 29.8 Å². The monoisotopic (exact) mass is 400 g/mol. The van der Waals surface area contributed by atoms with Crippen molar-refractivity contribution in [3.63, 3.8) is 0 Å². The molecule has 1 heterocycles. The second-order valence-corrected chi connectivity index (χ2v) is 7.32. The zero-order valence-corrected chi connectivity index (χ0v) is 17.0. The third-order valence-electron chi connectivity index (χ3n) is 5.01. The van der Waals surface area contributed by atoms with Crippen molar-refractivity contribution in [1.29, 1.82) is 0 Å². The molecule has 148 valence electrons. The second kappa shape index (κ2) is 9.22. The molecular formula is C22H25ClN2O3. The van der Waals surface area contributed by atoms with Crippen LogP contribution in [0.25, 0.3) is 0 Å². The first-order chi connectivity index (χ1) is 13.5. The zero-order chi connectivity index (χ0) is 20.1. The molecule has 28 heavy (non-hydrogen) atoms. The lowest BCUT2D eigenvalue weighted by Crippen LogP contribution is -2.51. The Kier molecular flexibility index (Phi) is 6.70. The number of hydrogen-bond donors (Lipinski definition) is 0. The highest BCUT2D eigenvalue weighted by atomic mass is 35.5. The normalized spacial score (nSPS) is 15.9. The molecule has 0 aromatic heterocycles. The van der Waals surface area contributed by atoms with Crippen molar-refractivity contribution in [1.82, 2.24) is 9.80 Å². The number of nitrogens with zero attached hydrogens (tertiary/aromatic N) is 2. The van der Waals surface area contributed by atoms with Crippen molar-refractivity contribution in [2.45, 2.75) is 20.0 Å². The van der Waals surface area contributed by atoms with Crippen LogP contribution in [-0.2, 0) is 4.79 Å². The first-order valence-electron chi connectivity index (χ1n) is 9.56. The van der Waals surface area contributed by atoms with Crippen LogP contribution < -0.4 is 4.74 Å². The first kappa shape index (κ1) is 20.4. The average Bonchev–Trinajstić information content (AvgIpc) is 2.74. The molecule has 0 bridgehead atoms. The SMILES string of the molecule is CCN1CCN(C(=O)[C@H](C)Oc2ccc(C(=O)c3ccc(Cl)cc3)cc2)CC1. The van der Waals surface area contributed by atoms with Crippen LogP contribution in [0.15, 0.2) is 48.5 Å². The second-order valence-electron chi connectivity index (χ2n) is 6.88. The smallest absolute Gasteiger partial charge is 0.263 e. The molecule has 0 unspecified atom stereocenters. The lowest BCUT2D eigenvalue weighted by molar-refractivity contribution is -0.139. The van der Waals surface area contributed by atoms with Gasteiger partial charge in [0.05, 0.1) is 0 Å². The largest absolute Gasteiger partial charge is 0.481 e. The van der Waals surface area contributed by atoms with Crippen LogP contribution in [0.5, 0.6) is 5.75 Å². The van der Waals surface area contributed by atoms with Crippen LogP contribution in [0, 0.1) is 0 Å². The van der Waals surface area contributed by atoms with E-state index in [1.807, 2.05) is 4.90 Å². The van der Waals surface area contributed by atoms with E-state index in [9.17, 15) is 9.59 Å². The Morgan fingerprint density at radius 1 is 0.964 bits per heavy atom. The highest BCUT2D eigenvalue weighted by Gasteiger charge is 2.25. The van der Waals surface area contributed by atoms with Crippen molar-refractivity contribution in [3.05, 3.63) is 64.7 Å². The molecule has 1 aliphatic rings. The topological polar surface area (TPSA) is 49.9 Å². The van der Waals surface area contributed by atoms with E-state index in [4.69, 9.17) is 16.3 Å². The highest BCUT2D eigenvalue weighted by Crippen LogP contribution is 2.19. The van der Waals surface area contributed by atoms with Gasteiger partial charge >= 0.3 is 0 Å². The van der Waals surface area contributed by atoms with Crippen molar-refractivity contribution in [3.8, 4) is 5.75 Å². The van der Waals surface area contributed by atoms with Crippen LogP contribution >= 0.6 is 11.6 Å². The van der Waals surface area contributed by atoms with Crippen molar-refractivity contribution in [2.75, 3.05) is 32.7 Å². The molecule has 3 rings (SSSR count). The Balaban J connectivity index is 1.58. The Bertz CT molecular complexity index is 813. The van der Waals surface area contributed by atoms with Crippen molar-refractivity contribution < 1.29 is 14.3 Å². The van der Waals surface area contributed by atoms with Crippen molar-refractivity contribution >= 4 is 23.3 Å². The molecule has 0 aliphatic carbocycles. The van der Waals surface area contributed by atoms with Gasteiger partial charge in [-0.3, -0.25) is 9.59 Å². The minimum atomic E-state index is -0.564. The number of amides is 1. The summed E-state index contributed by atoms with van der Waals surface area (Å²) in [5, 5.41) is 0.593. The van der Waals surface area contributed by atoms with Gasteiger partial charge in [0.1, 0.15) is 5.75 Å². The zero-order valence-electron chi connectivity index (χ0n) is 16.2. The third kappa shape index (κ3) is 4.91. The summed E-state index contributed by atoms with van der Waals surface area (Å²) >= 11 is 5.87. The first-order valence-corrected chi connectivity index (χ1v) is 9.94. The number of halogens is 1. The van der Waals surface area contributed by atoms with Crippen LogP contribution in [0.2, 0.25) is 5.02 Å². The summed E-state index contributed by atoms with van der Waals surface area (Å²) in [6.07, 6.45) is -0.564. The fourth-order valence-electron chi connectivity index (χ4n) is 3.25. The van der Waals surface area contributed by atoms with Gasteiger partial charge < -0.3 is 14.5 Å². The maximum atomic E-state index is 12.6. The van der Waals surface area contributed by atoms with E-state index >= 15 is 0 Å². The number of ether oxygens (including phenoxy) is 1. The molecule has 1 amide bonds. The Morgan fingerprint density at radius 2 is 1.50 bits per heavy atom. The maximum Gasteiger partial charge on any atom is 0.263 e. The molecular weight excluding hydrogens is 376 g/mol. The van der Waals surface area contributed by atoms with Gasteiger partial charge in [0, 0.05) is 42.3 Å². The van der Waals surface area contributed by atoms with Gasteiger partial charge in [0.15, 0.2) is 11.9 Å². The quantitative estimate of drug-likeness (QED) is 0.696. The minimum absolute atomic E-state index is 0.00271. The lowest BCUT2D eigenvalue weighted by atomic mass is 10.0. The summed E-state index contributed by atoms with van der Waals surface area (Å²) in [6, 6.07) is 13.7. The van der Waals surface area contributed by atoms with E-state index in [-0.39, 0.29) is 11.7 Å². The lowest BCUT2D eigenvalue weighted by Gasteiger charge is -2.35. The summed E-state index contributed by atoms with van der Waals surface area (Å²) < 4.78 is 5.81. The summed E-state index contributed by atoms with van der Waals surface area (Å²) in [4.78, 5) is 29.3. The number of benzene rings is 2. The number of carbonyl (C=O) groups excluding carboxylic acids is 2. The summed E-state index contributed by atoms with van der Waals surface area (Å²) in [5.74, 6) is 0.485. The van der Waals surface area contributed by atoms with Gasteiger partial charge in [-0.05, 0) is 62.0 Å². The number of hydrogen-bond acceptors (Lipinski definition) is 4. The fraction of sp³-hybridized carbons (Fsp3) is 0.364. The molecule has 1 saturated heterocycles. The van der Waals surface area contributed by atoms with Gasteiger partial charge in [0.25, 0.3) is 5.91 Å². The fourth-order valence-corrected chi connectivity index (χ4v) is 3.37. The molecule has 2 aromatic carbocycles. The number of ketones is 1. The summed E-state index contributed by atoms with van der Waals surface area (Å²) in [7, 11) is 0.